The van der Waals surface area contributed by atoms with E-state index in [4.69, 9.17) is 9.31 Å². The topological polar surface area (TPSA) is 30.5 Å². The third-order valence-corrected chi connectivity index (χ3v) is 7.56. The van der Waals surface area contributed by atoms with Crippen molar-refractivity contribution in [1.29, 1.82) is 0 Å². The fourth-order valence-corrected chi connectivity index (χ4v) is 5.36. The molecule has 0 unspecified atom stereocenters. The van der Waals surface area contributed by atoms with Gasteiger partial charge in [-0.3, -0.25) is 0 Å². The smallest absolute Gasteiger partial charge is 0.398 e. The predicted octanol–water partition coefficient (Wildman–Crippen LogP) is 6.30. The van der Waals surface area contributed by atoms with Crippen LogP contribution in [0.3, 0.4) is 0 Å². The summed E-state index contributed by atoms with van der Waals surface area (Å²) in [6.45, 7) is 9.07. The minimum Gasteiger partial charge on any atom is -0.398 e. The number of hydrogen-bond donors (Lipinski definition) is 1. The lowest BCUT2D eigenvalue weighted by Gasteiger charge is -2.42. The van der Waals surface area contributed by atoms with Gasteiger partial charge in [0.25, 0.3) is 0 Å². The molecule has 1 fully saturated rings. The van der Waals surface area contributed by atoms with E-state index in [0.29, 0.717) is 0 Å². The van der Waals surface area contributed by atoms with E-state index in [1.54, 1.807) is 0 Å². The van der Waals surface area contributed by atoms with Crippen molar-refractivity contribution in [3.63, 3.8) is 0 Å². The van der Waals surface area contributed by atoms with Crippen molar-refractivity contribution in [2.75, 3.05) is 6.54 Å². The lowest BCUT2D eigenvalue weighted by molar-refractivity contribution is 0.00878. The minimum atomic E-state index is -0.785. The van der Waals surface area contributed by atoms with Crippen molar-refractivity contribution in [1.82, 2.24) is 5.32 Å². The summed E-state index contributed by atoms with van der Waals surface area (Å²) in [5.41, 5.74) is 3.99. The average Bonchev–Trinajstić information content (AvgIpc) is 3.02. The molecule has 4 aromatic rings. The lowest BCUT2D eigenvalue weighted by atomic mass is 9.72. The Bertz CT molecular complexity index is 1260. The first-order chi connectivity index (χ1) is 18.0. The van der Waals surface area contributed by atoms with E-state index in [2.05, 4.69) is 123 Å². The van der Waals surface area contributed by atoms with Crippen LogP contribution in [0.5, 0.6) is 0 Å². The average molecular weight is 487 g/mol. The zero-order chi connectivity index (χ0) is 25.7. The van der Waals surface area contributed by atoms with Gasteiger partial charge in [-0.05, 0) is 54.5 Å². The van der Waals surface area contributed by atoms with Crippen LogP contribution in [0.4, 0.5) is 0 Å². The summed E-state index contributed by atoms with van der Waals surface area (Å²) in [6, 6.07) is 39.7. The molecule has 1 N–H and O–H groups in total. The standard InChI is InChI=1S/C33H34BNO2/c1-4-27-20-22-31(23-21-27)34-36-32(3,28-14-8-5-9-15-28)24-25-35-26(2)33(37-34,29-16-10-6-11-17-29)30-18-12-7-13-19-30/h4-23,26,35H,1,24-25H2,2-3H3/t26-,32+/m0/s1. The maximum absolute atomic E-state index is 7.31. The van der Waals surface area contributed by atoms with E-state index in [0.717, 1.165) is 40.7 Å². The van der Waals surface area contributed by atoms with Gasteiger partial charge in [0.05, 0.1) is 5.60 Å². The number of benzene rings is 4. The first-order valence-corrected chi connectivity index (χ1v) is 13.0. The van der Waals surface area contributed by atoms with E-state index < -0.39 is 18.3 Å². The molecule has 4 heteroatoms. The molecule has 0 aromatic heterocycles. The van der Waals surface area contributed by atoms with E-state index in [-0.39, 0.29) is 6.04 Å². The normalized spacial score (nSPS) is 21.9. The molecule has 3 nitrogen and oxygen atoms in total. The molecule has 4 aromatic carbocycles. The van der Waals surface area contributed by atoms with Gasteiger partial charge < -0.3 is 14.6 Å². The first-order valence-electron chi connectivity index (χ1n) is 13.0. The Morgan fingerprint density at radius 1 is 0.757 bits per heavy atom. The fourth-order valence-electron chi connectivity index (χ4n) is 5.36. The molecule has 5 rings (SSSR count). The van der Waals surface area contributed by atoms with Crippen LogP contribution in [0, 0.1) is 0 Å². The molecule has 1 aliphatic rings. The minimum absolute atomic E-state index is 0.0334. The van der Waals surface area contributed by atoms with Crippen LogP contribution < -0.4 is 10.8 Å². The Kier molecular flexibility index (Phi) is 7.43. The molecule has 2 atom stereocenters. The molecule has 0 spiro atoms. The summed E-state index contributed by atoms with van der Waals surface area (Å²) in [5, 5.41) is 3.81. The molecular weight excluding hydrogens is 453 g/mol. The highest BCUT2D eigenvalue weighted by atomic mass is 16.6. The third kappa shape index (κ3) is 5.06. The molecule has 0 amide bonds. The van der Waals surface area contributed by atoms with Gasteiger partial charge in [-0.15, -0.1) is 0 Å². The molecule has 1 heterocycles. The fraction of sp³-hybridized carbons (Fsp3) is 0.212. The van der Waals surface area contributed by atoms with Crippen molar-refractivity contribution in [2.24, 2.45) is 0 Å². The van der Waals surface area contributed by atoms with E-state index in [9.17, 15) is 0 Å². The van der Waals surface area contributed by atoms with Crippen LogP contribution >= 0.6 is 0 Å². The van der Waals surface area contributed by atoms with E-state index in [1.807, 2.05) is 24.3 Å². The highest BCUT2D eigenvalue weighted by Crippen LogP contribution is 2.41. The summed E-state index contributed by atoms with van der Waals surface area (Å²) < 4.78 is 14.4. The summed E-state index contributed by atoms with van der Waals surface area (Å²) in [6.07, 6.45) is 2.65. The quantitative estimate of drug-likeness (QED) is 0.335. The molecule has 0 aliphatic carbocycles. The molecule has 0 radical (unpaired) electrons. The zero-order valence-electron chi connectivity index (χ0n) is 21.6. The van der Waals surface area contributed by atoms with Crippen molar-refractivity contribution in [3.05, 3.63) is 144 Å². The Balaban J connectivity index is 1.70. The molecule has 0 saturated carbocycles. The third-order valence-electron chi connectivity index (χ3n) is 7.56. The van der Waals surface area contributed by atoms with Gasteiger partial charge in [-0.2, -0.15) is 0 Å². The zero-order valence-corrected chi connectivity index (χ0v) is 21.6. The Labute approximate surface area is 221 Å². The van der Waals surface area contributed by atoms with Crippen LogP contribution in [0.15, 0.2) is 122 Å². The second-order valence-corrected chi connectivity index (χ2v) is 9.93. The van der Waals surface area contributed by atoms with Gasteiger partial charge in [-0.1, -0.05) is 128 Å². The van der Waals surface area contributed by atoms with Crippen molar-refractivity contribution < 1.29 is 9.31 Å². The SMILES string of the molecule is C=Cc1ccc(B2OC(c3ccccc3)(c3ccccc3)[C@H](C)NCC[C@](C)(c3ccccc3)O2)cc1. The second kappa shape index (κ2) is 10.9. The van der Waals surface area contributed by atoms with Crippen LogP contribution in [0.1, 0.15) is 42.5 Å². The van der Waals surface area contributed by atoms with E-state index >= 15 is 0 Å². The number of rotatable bonds is 5. The maximum atomic E-state index is 7.31. The number of hydrogen-bond acceptors (Lipinski definition) is 3. The Hall–Kier alpha value is -3.44. The summed E-state index contributed by atoms with van der Waals surface area (Å²) in [5.74, 6) is 0. The highest BCUT2D eigenvalue weighted by Gasteiger charge is 2.48. The first kappa shape index (κ1) is 25.2. The van der Waals surface area contributed by atoms with Crippen molar-refractivity contribution >= 4 is 18.7 Å². The highest BCUT2D eigenvalue weighted by molar-refractivity contribution is 6.61. The van der Waals surface area contributed by atoms with Crippen LogP contribution in [-0.2, 0) is 20.5 Å². The summed E-state index contributed by atoms with van der Waals surface area (Å²) in [7, 11) is -0.619. The largest absolute Gasteiger partial charge is 0.495 e. The molecule has 1 saturated heterocycles. The number of nitrogens with one attached hydrogen (secondary N) is 1. The molecular formula is C33H34BNO2. The monoisotopic (exact) mass is 487 g/mol. The Morgan fingerprint density at radius 3 is 1.78 bits per heavy atom. The lowest BCUT2D eigenvalue weighted by Crippen LogP contribution is -2.54. The summed E-state index contributed by atoms with van der Waals surface area (Å²) >= 11 is 0. The van der Waals surface area contributed by atoms with Crippen LogP contribution in [-0.4, -0.2) is 19.7 Å². The molecule has 1 aliphatic heterocycles. The van der Waals surface area contributed by atoms with Gasteiger partial charge in [-0.25, -0.2) is 0 Å². The maximum Gasteiger partial charge on any atom is 0.495 e. The van der Waals surface area contributed by atoms with Gasteiger partial charge >= 0.3 is 7.12 Å². The van der Waals surface area contributed by atoms with Crippen molar-refractivity contribution in [2.45, 2.75) is 37.5 Å². The predicted molar refractivity (Wildman–Crippen MR) is 154 cm³/mol. The molecule has 0 bridgehead atoms. The van der Waals surface area contributed by atoms with Gasteiger partial charge in [0, 0.05) is 6.04 Å². The Morgan fingerprint density at radius 2 is 1.27 bits per heavy atom. The molecule has 37 heavy (non-hydrogen) atoms. The second-order valence-electron chi connectivity index (χ2n) is 9.93. The van der Waals surface area contributed by atoms with Crippen molar-refractivity contribution in [3.8, 4) is 0 Å². The van der Waals surface area contributed by atoms with E-state index in [1.165, 1.54) is 0 Å². The van der Waals surface area contributed by atoms with Gasteiger partial charge in [0.1, 0.15) is 5.60 Å². The van der Waals surface area contributed by atoms with Crippen LogP contribution in [0.25, 0.3) is 6.08 Å². The van der Waals surface area contributed by atoms with Crippen LogP contribution in [0.2, 0.25) is 0 Å². The molecule has 186 valence electrons. The van der Waals surface area contributed by atoms with Gasteiger partial charge in [0.15, 0.2) is 0 Å². The van der Waals surface area contributed by atoms with Gasteiger partial charge in [0.2, 0.25) is 0 Å². The summed E-state index contributed by atoms with van der Waals surface area (Å²) in [4.78, 5) is 0.